The lowest BCUT2D eigenvalue weighted by Gasteiger charge is -2.06. The number of hydrogen-bond acceptors (Lipinski definition) is 3. The van der Waals surface area contributed by atoms with E-state index in [1.807, 2.05) is 23.9 Å². The number of thioether (sulfide) groups is 1. The van der Waals surface area contributed by atoms with Gasteiger partial charge in [-0.05, 0) is 53.5 Å². The van der Waals surface area contributed by atoms with Crippen molar-refractivity contribution in [1.29, 1.82) is 0 Å². The van der Waals surface area contributed by atoms with Crippen LogP contribution in [0.2, 0.25) is 0 Å². The molecule has 1 N–H and O–H groups in total. The van der Waals surface area contributed by atoms with Gasteiger partial charge in [0.2, 0.25) is 0 Å². The largest absolute Gasteiger partial charge is 0.316 e. The van der Waals surface area contributed by atoms with E-state index < -0.39 is 0 Å². The number of aromatic nitrogens is 1. The first-order valence-corrected chi connectivity index (χ1v) is 6.58. The normalized spacial score (nSPS) is 21.4. The molecular weight excluding hydrogens is 260 g/mol. The second kappa shape index (κ2) is 5.14. The van der Waals surface area contributed by atoms with Crippen LogP contribution in [0, 0.1) is 5.92 Å². The standard InChI is InChI=1S/C10H13BrN2S/c11-9-2-1-3-10(13-9)14-7-8-4-5-12-6-8/h1-3,8,12H,4-7H2/t8-/m0/s1. The third kappa shape index (κ3) is 2.97. The molecule has 0 saturated carbocycles. The van der Waals surface area contributed by atoms with Gasteiger partial charge in [0.1, 0.15) is 4.60 Å². The average Bonchev–Trinajstić information content (AvgIpc) is 2.67. The summed E-state index contributed by atoms with van der Waals surface area (Å²) in [7, 11) is 0. The minimum Gasteiger partial charge on any atom is -0.316 e. The van der Waals surface area contributed by atoms with Gasteiger partial charge in [0.25, 0.3) is 0 Å². The molecule has 0 bridgehead atoms. The third-order valence-corrected chi connectivity index (χ3v) is 3.92. The van der Waals surface area contributed by atoms with Crippen molar-refractivity contribution in [2.24, 2.45) is 5.92 Å². The van der Waals surface area contributed by atoms with Crippen molar-refractivity contribution in [1.82, 2.24) is 10.3 Å². The quantitative estimate of drug-likeness (QED) is 0.676. The van der Waals surface area contributed by atoms with Crippen LogP contribution in [-0.2, 0) is 0 Å². The molecule has 1 atom stereocenters. The SMILES string of the molecule is Brc1cccc(SC[C@H]2CCNC2)n1. The molecule has 0 aliphatic carbocycles. The lowest BCUT2D eigenvalue weighted by Crippen LogP contribution is -2.10. The van der Waals surface area contributed by atoms with Crippen LogP contribution in [0.15, 0.2) is 27.8 Å². The van der Waals surface area contributed by atoms with Gasteiger partial charge in [-0.15, -0.1) is 11.8 Å². The van der Waals surface area contributed by atoms with E-state index in [0.29, 0.717) is 0 Å². The van der Waals surface area contributed by atoms with Gasteiger partial charge >= 0.3 is 0 Å². The van der Waals surface area contributed by atoms with E-state index in [-0.39, 0.29) is 0 Å². The monoisotopic (exact) mass is 272 g/mol. The van der Waals surface area contributed by atoms with Crippen molar-refractivity contribution in [2.45, 2.75) is 11.4 Å². The van der Waals surface area contributed by atoms with Crippen molar-refractivity contribution in [3.63, 3.8) is 0 Å². The number of hydrogen-bond donors (Lipinski definition) is 1. The molecule has 1 aliphatic rings. The Balaban J connectivity index is 1.85. The van der Waals surface area contributed by atoms with E-state index in [2.05, 4.69) is 32.3 Å². The molecule has 1 fully saturated rings. The predicted molar refractivity (Wildman–Crippen MR) is 63.6 cm³/mol. The van der Waals surface area contributed by atoms with Crippen LogP contribution < -0.4 is 5.32 Å². The van der Waals surface area contributed by atoms with E-state index in [4.69, 9.17) is 0 Å². The van der Waals surface area contributed by atoms with Crippen molar-refractivity contribution in [2.75, 3.05) is 18.8 Å². The number of nitrogens with one attached hydrogen (secondary N) is 1. The molecule has 0 amide bonds. The topological polar surface area (TPSA) is 24.9 Å². The first-order chi connectivity index (χ1) is 6.84. The Labute approximate surface area is 97.0 Å². The van der Waals surface area contributed by atoms with Crippen molar-refractivity contribution < 1.29 is 0 Å². The minimum atomic E-state index is 0.820. The van der Waals surface area contributed by atoms with Gasteiger partial charge in [0, 0.05) is 5.75 Å². The molecule has 1 saturated heterocycles. The summed E-state index contributed by atoms with van der Waals surface area (Å²) in [4.78, 5) is 4.39. The summed E-state index contributed by atoms with van der Waals surface area (Å²) in [5.41, 5.74) is 0. The fourth-order valence-corrected chi connectivity index (χ4v) is 3.02. The summed E-state index contributed by atoms with van der Waals surface area (Å²) >= 11 is 5.23. The Morgan fingerprint density at radius 2 is 2.50 bits per heavy atom. The van der Waals surface area contributed by atoms with E-state index in [1.165, 1.54) is 25.3 Å². The molecule has 4 heteroatoms. The van der Waals surface area contributed by atoms with Gasteiger partial charge in [-0.3, -0.25) is 0 Å². The molecule has 2 heterocycles. The molecule has 1 aliphatic heterocycles. The maximum atomic E-state index is 4.39. The second-order valence-corrected chi connectivity index (χ2v) is 5.32. The van der Waals surface area contributed by atoms with Crippen molar-refractivity contribution >= 4 is 27.7 Å². The molecule has 0 radical (unpaired) electrons. The van der Waals surface area contributed by atoms with Gasteiger partial charge in [-0.1, -0.05) is 6.07 Å². The molecule has 76 valence electrons. The zero-order chi connectivity index (χ0) is 9.80. The maximum Gasteiger partial charge on any atom is 0.107 e. The zero-order valence-electron chi connectivity index (χ0n) is 7.87. The molecule has 2 rings (SSSR count). The van der Waals surface area contributed by atoms with Crippen LogP contribution in [0.5, 0.6) is 0 Å². The first-order valence-electron chi connectivity index (χ1n) is 4.80. The summed E-state index contributed by atoms with van der Waals surface area (Å²) < 4.78 is 0.923. The van der Waals surface area contributed by atoms with Crippen LogP contribution in [0.4, 0.5) is 0 Å². The van der Waals surface area contributed by atoms with E-state index in [9.17, 15) is 0 Å². The summed E-state index contributed by atoms with van der Waals surface area (Å²) in [5.74, 6) is 2.00. The second-order valence-electron chi connectivity index (χ2n) is 3.47. The van der Waals surface area contributed by atoms with E-state index >= 15 is 0 Å². The highest BCUT2D eigenvalue weighted by Gasteiger charge is 2.14. The summed E-state index contributed by atoms with van der Waals surface area (Å²) in [6.07, 6.45) is 1.31. The maximum absolute atomic E-state index is 4.39. The van der Waals surface area contributed by atoms with Gasteiger partial charge in [0.05, 0.1) is 5.03 Å². The smallest absolute Gasteiger partial charge is 0.107 e. The van der Waals surface area contributed by atoms with Gasteiger partial charge in [-0.2, -0.15) is 0 Å². The van der Waals surface area contributed by atoms with Crippen LogP contribution in [0.25, 0.3) is 0 Å². The molecular formula is C10H13BrN2S. The van der Waals surface area contributed by atoms with Gasteiger partial charge in [-0.25, -0.2) is 4.98 Å². The summed E-state index contributed by atoms with van der Waals surface area (Å²) in [6.45, 7) is 2.35. The van der Waals surface area contributed by atoms with E-state index in [0.717, 1.165) is 15.5 Å². The van der Waals surface area contributed by atoms with E-state index in [1.54, 1.807) is 0 Å². The summed E-state index contributed by atoms with van der Waals surface area (Å²) in [5, 5.41) is 4.49. The molecule has 1 aromatic heterocycles. The van der Waals surface area contributed by atoms with Gasteiger partial charge < -0.3 is 5.32 Å². The molecule has 0 unspecified atom stereocenters. The minimum absolute atomic E-state index is 0.820. The molecule has 14 heavy (non-hydrogen) atoms. The van der Waals surface area contributed by atoms with Crippen LogP contribution in [0.1, 0.15) is 6.42 Å². The fraction of sp³-hybridized carbons (Fsp3) is 0.500. The fourth-order valence-electron chi connectivity index (χ4n) is 1.53. The number of halogens is 1. The Bertz CT molecular complexity index is 300. The lowest BCUT2D eigenvalue weighted by atomic mass is 10.2. The molecule has 0 aromatic carbocycles. The summed E-state index contributed by atoms with van der Waals surface area (Å²) in [6, 6.07) is 6.06. The number of rotatable bonds is 3. The molecule has 2 nitrogen and oxygen atoms in total. The lowest BCUT2D eigenvalue weighted by molar-refractivity contribution is 0.662. The highest BCUT2D eigenvalue weighted by molar-refractivity contribution is 9.10. The van der Waals surface area contributed by atoms with Crippen LogP contribution in [0.3, 0.4) is 0 Å². The molecule has 1 aromatic rings. The highest BCUT2D eigenvalue weighted by Crippen LogP contribution is 2.22. The average molecular weight is 273 g/mol. The predicted octanol–water partition coefficient (Wildman–Crippen LogP) is 2.55. The number of nitrogens with zero attached hydrogens (tertiary/aromatic N) is 1. The Morgan fingerprint density at radius 3 is 3.21 bits per heavy atom. The Hall–Kier alpha value is -0.0600. The number of pyridine rings is 1. The highest BCUT2D eigenvalue weighted by atomic mass is 79.9. The Kier molecular flexibility index (Phi) is 3.84. The van der Waals surface area contributed by atoms with Crippen LogP contribution >= 0.6 is 27.7 Å². The van der Waals surface area contributed by atoms with Crippen molar-refractivity contribution in [3.8, 4) is 0 Å². The van der Waals surface area contributed by atoms with Gasteiger partial charge in [0.15, 0.2) is 0 Å². The van der Waals surface area contributed by atoms with Crippen LogP contribution in [-0.4, -0.2) is 23.8 Å². The van der Waals surface area contributed by atoms with Crippen molar-refractivity contribution in [3.05, 3.63) is 22.8 Å². The molecule has 0 spiro atoms. The first kappa shape index (κ1) is 10.5. The zero-order valence-corrected chi connectivity index (χ0v) is 10.3. The third-order valence-electron chi connectivity index (χ3n) is 2.32. The Morgan fingerprint density at radius 1 is 1.57 bits per heavy atom.